The van der Waals surface area contributed by atoms with Crippen LogP contribution in [0.3, 0.4) is 0 Å². The van der Waals surface area contributed by atoms with Crippen LogP contribution in [0.4, 0.5) is 0 Å². The SMILES string of the molecule is CCC(=O)N1CSC[C@H]1C(=O)N[C@@H]1CCc2ccccc2C1. The number of benzene rings is 1. The van der Waals surface area contributed by atoms with Gasteiger partial charge >= 0.3 is 0 Å². The number of carbonyl (C=O) groups is 2. The van der Waals surface area contributed by atoms with Crippen LogP contribution in [0.1, 0.15) is 30.9 Å². The molecule has 0 bridgehead atoms. The van der Waals surface area contributed by atoms with Crippen molar-refractivity contribution in [2.75, 3.05) is 11.6 Å². The van der Waals surface area contributed by atoms with Crippen molar-refractivity contribution in [2.24, 2.45) is 0 Å². The van der Waals surface area contributed by atoms with E-state index in [-0.39, 0.29) is 23.9 Å². The summed E-state index contributed by atoms with van der Waals surface area (Å²) in [6, 6.07) is 8.33. The zero-order valence-electron chi connectivity index (χ0n) is 12.9. The van der Waals surface area contributed by atoms with Gasteiger partial charge in [0.1, 0.15) is 6.04 Å². The molecule has 4 nitrogen and oxygen atoms in total. The van der Waals surface area contributed by atoms with Gasteiger partial charge in [-0.2, -0.15) is 0 Å². The summed E-state index contributed by atoms with van der Waals surface area (Å²) in [5.41, 5.74) is 2.73. The molecule has 1 aromatic rings. The Morgan fingerprint density at radius 3 is 2.86 bits per heavy atom. The maximum atomic E-state index is 12.5. The van der Waals surface area contributed by atoms with Crippen molar-refractivity contribution in [1.29, 1.82) is 0 Å². The molecular formula is C17H22N2O2S. The molecule has 1 aromatic carbocycles. The lowest BCUT2D eigenvalue weighted by Gasteiger charge is -2.28. The van der Waals surface area contributed by atoms with Crippen molar-refractivity contribution in [1.82, 2.24) is 10.2 Å². The molecule has 22 heavy (non-hydrogen) atoms. The average molecular weight is 318 g/mol. The van der Waals surface area contributed by atoms with E-state index in [1.54, 1.807) is 16.7 Å². The molecule has 0 unspecified atom stereocenters. The first kappa shape index (κ1) is 15.4. The number of nitrogens with zero attached hydrogens (tertiary/aromatic N) is 1. The average Bonchev–Trinajstić information content (AvgIpc) is 3.03. The number of hydrogen-bond acceptors (Lipinski definition) is 3. The first-order valence-corrected chi connectivity index (χ1v) is 9.09. The quantitative estimate of drug-likeness (QED) is 0.927. The number of thioether (sulfide) groups is 1. The third-order valence-corrected chi connectivity index (χ3v) is 5.51. The second-order valence-corrected chi connectivity index (χ2v) is 6.95. The zero-order valence-corrected chi connectivity index (χ0v) is 13.7. The molecule has 118 valence electrons. The van der Waals surface area contributed by atoms with E-state index in [1.807, 2.05) is 6.92 Å². The van der Waals surface area contributed by atoms with Gasteiger partial charge in [-0.25, -0.2) is 0 Å². The Bertz CT molecular complexity index is 576. The van der Waals surface area contributed by atoms with E-state index in [0.29, 0.717) is 18.1 Å². The minimum atomic E-state index is -0.297. The molecule has 1 saturated heterocycles. The second kappa shape index (κ2) is 6.73. The Hall–Kier alpha value is -1.49. The van der Waals surface area contributed by atoms with E-state index in [9.17, 15) is 9.59 Å². The maximum Gasteiger partial charge on any atom is 0.243 e. The molecule has 2 atom stereocenters. The second-order valence-electron chi connectivity index (χ2n) is 5.95. The largest absolute Gasteiger partial charge is 0.351 e. The van der Waals surface area contributed by atoms with Gasteiger partial charge in [-0.1, -0.05) is 31.2 Å². The van der Waals surface area contributed by atoms with Crippen LogP contribution in [-0.4, -0.2) is 40.4 Å². The lowest BCUT2D eigenvalue weighted by atomic mass is 9.88. The van der Waals surface area contributed by atoms with Crippen molar-refractivity contribution in [2.45, 2.75) is 44.7 Å². The molecule has 1 N–H and O–H groups in total. The van der Waals surface area contributed by atoms with E-state index in [4.69, 9.17) is 0 Å². The molecule has 1 heterocycles. The van der Waals surface area contributed by atoms with Crippen molar-refractivity contribution in [3.05, 3.63) is 35.4 Å². The van der Waals surface area contributed by atoms with Crippen LogP contribution < -0.4 is 5.32 Å². The van der Waals surface area contributed by atoms with Crippen LogP contribution >= 0.6 is 11.8 Å². The van der Waals surface area contributed by atoms with Crippen LogP contribution in [-0.2, 0) is 22.4 Å². The van der Waals surface area contributed by atoms with E-state index in [2.05, 4.69) is 29.6 Å². The van der Waals surface area contributed by atoms with E-state index < -0.39 is 0 Å². The molecule has 5 heteroatoms. The van der Waals surface area contributed by atoms with Crippen molar-refractivity contribution in [3.63, 3.8) is 0 Å². The first-order chi connectivity index (χ1) is 10.7. The normalized spacial score (nSPS) is 24.0. The number of rotatable bonds is 3. The number of hydrogen-bond donors (Lipinski definition) is 1. The van der Waals surface area contributed by atoms with Gasteiger partial charge in [0, 0.05) is 18.2 Å². The van der Waals surface area contributed by atoms with Gasteiger partial charge in [-0.15, -0.1) is 11.8 Å². The molecule has 0 aromatic heterocycles. The predicted molar refractivity (Wildman–Crippen MR) is 88.6 cm³/mol. The Labute approximate surface area is 135 Å². The smallest absolute Gasteiger partial charge is 0.243 e. The van der Waals surface area contributed by atoms with Crippen molar-refractivity contribution < 1.29 is 9.59 Å². The van der Waals surface area contributed by atoms with Crippen LogP contribution in [0.5, 0.6) is 0 Å². The van der Waals surface area contributed by atoms with Crippen LogP contribution in [0, 0.1) is 0 Å². The Kier molecular flexibility index (Phi) is 4.71. The van der Waals surface area contributed by atoms with Gasteiger partial charge in [0.15, 0.2) is 0 Å². The molecule has 0 saturated carbocycles. The van der Waals surface area contributed by atoms with Gasteiger partial charge in [0.25, 0.3) is 0 Å². The number of nitrogens with one attached hydrogen (secondary N) is 1. The topological polar surface area (TPSA) is 49.4 Å². The summed E-state index contributed by atoms with van der Waals surface area (Å²) in [5.74, 6) is 1.43. The predicted octanol–water partition coefficient (Wildman–Crippen LogP) is 1.97. The minimum absolute atomic E-state index is 0.0104. The molecule has 1 fully saturated rings. The highest BCUT2D eigenvalue weighted by Crippen LogP contribution is 2.24. The van der Waals surface area contributed by atoms with Gasteiger partial charge < -0.3 is 10.2 Å². The number of carbonyl (C=O) groups excluding carboxylic acids is 2. The number of amides is 2. The summed E-state index contributed by atoms with van der Waals surface area (Å²) in [4.78, 5) is 26.2. The van der Waals surface area contributed by atoms with Gasteiger partial charge in [0.05, 0.1) is 5.88 Å². The van der Waals surface area contributed by atoms with Gasteiger partial charge in [-0.3, -0.25) is 9.59 Å². The molecule has 1 aliphatic carbocycles. The fraction of sp³-hybridized carbons (Fsp3) is 0.529. The van der Waals surface area contributed by atoms with E-state index in [1.165, 1.54) is 11.1 Å². The molecule has 3 rings (SSSR count). The zero-order chi connectivity index (χ0) is 15.5. The lowest BCUT2D eigenvalue weighted by Crippen LogP contribution is -2.50. The fourth-order valence-electron chi connectivity index (χ4n) is 3.23. The summed E-state index contributed by atoms with van der Waals surface area (Å²) < 4.78 is 0. The van der Waals surface area contributed by atoms with Crippen molar-refractivity contribution in [3.8, 4) is 0 Å². The van der Waals surface area contributed by atoms with Crippen LogP contribution in [0.25, 0.3) is 0 Å². The lowest BCUT2D eigenvalue weighted by molar-refractivity contribution is -0.138. The highest BCUT2D eigenvalue weighted by atomic mass is 32.2. The first-order valence-electron chi connectivity index (χ1n) is 7.93. The molecule has 2 amide bonds. The highest BCUT2D eigenvalue weighted by Gasteiger charge is 2.35. The summed E-state index contributed by atoms with van der Waals surface area (Å²) in [5, 5.41) is 3.16. The summed E-state index contributed by atoms with van der Waals surface area (Å²) in [6.07, 6.45) is 3.34. The molecule has 1 aliphatic heterocycles. The fourth-order valence-corrected chi connectivity index (χ4v) is 4.41. The highest BCUT2D eigenvalue weighted by molar-refractivity contribution is 7.99. The van der Waals surface area contributed by atoms with Crippen LogP contribution in [0.15, 0.2) is 24.3 Å². The van der Waals surface area contributed by atoms with Gasteiger partial charge in [0.2, 0.25) is 11.8 Å². The minimum Gasteiger partial charge on any atom is -0.351 e. The standard InChI is InChI=1S/C17H22N2O2S/c1-2-16(20)19-11-22-10-15(19)17(21)18-14-8-7-12-5-3-4-6-13(12)9-14/h3-6,14-15H,2,7-11H2,1H3,(H,18,21)/t14-,15+/m1/s1. The summed E-state index contributed by atoms with van der Waals surface area (Å²) in [6.45, 7) is 1.85. The third kappa shape index (κ3) is 3.14. The van der Waals surface area contributed by atoms with Crippen LogP contribution in [0.2, 0.25) is 0 Å². The summed E-state index contributed by atoms with van der Waals surface area (Å²) >= 11 is 1.66. The van der Waals surface area contributed by atoms with E-state index in [0.717, 1.165) is 19.3 Å². The Balaban J connectivity index is 1.62. The summed E-state index contributed by atoms with van der Waals surface area (Å²) in [7, 11) is 0. The molecule has 0 radical (unpaired) electrons. The maximum absolute atomic E-state index is 12.5. The Morgan fingerprint density at radius 2 is 2.09 bits per heavy atom. The number of fused-ring (bicyclic) bond motifs is 1. The molecule has 2 aliphatic rings. The van der Waals surface area contributed by atoms with Crippen molar-refractivity contribution >= 4 is 23.6 Å². The monoisotopic (exact) mass is 318 g/mol. The molecular weight excluding hydrogens is 296 g/mol. The molecule has 0 spiro atoms. The number of aryl methyl sites for hydroxylation is 1. The van der Waals surface area contributed by atoms with E-state index >= 15 is 0 Å². The Morgan fingerprint density at radius 1 is 1.32 bits per heavy atom. The van der Waals surface area contributed by atoms with Gasteiger partial charge in [-0.05, 0) is 30.4 Å². The third-order valence-electron chi connectivity index (χ3n) is 4.50.